The van der Waals surface area contributed by atoms with Crippen molar-refractivity contribution in [1.82, 2.24) is 4.90 Å². The Morgan fingerprint density at radius 3 is 2.24 bits per heavy atom. The molecular formula is C29H43ClN2O. The van der Waals surface area contributed by atoms with E-state index in [1.165, 1.54) is 43.5 Å². The van der Waals surface area contributed by atoms with Crippen molar-refractivity contribution in [2.24, 2.45) is 5.92 Å². The van der Waals surface area contributed by atoms with E-state index >= 15 is 0 Å². The van der Waals surface area contributed by atoms with E-state index in [1.54, 1.807) is 12.1 Å². The van der Waals surface area contributed by atoms with Crippen molar-refractivity contribution < 1.29 is 4.79 Å². The van der Waals surface area contributed by atoms with Gasteiger partial charge in [0.15, 0.2) is 0 Å². The highest BCUT2D eigenvalue weighted by Gasteiger charge is 2.13. The summed E-state index contributed by atoms with van der Waals surface area (Å²) in [5.74, 6) is 0.949. The summed E-state index contributed by atoms with van der Waals surface area (Å²) in [5, 5.41) is 9.00. The Morgan fingerprint density at radius 1 is 1.15 bits per heavy atom. The lowest BCUT2D eigenvalue weighted by molar-refractivity contribution is -0.107. The number of hydrogen-bond donors (Lipinski definition) is 0. The predicted octanol–water partition coefficient (Wildman–Crippen LogP) is 7.80. The summed E-state index contributed by atoms with van der Waals surface area (Å²) >= 11 is 5.71. The Hall–Kier alpha value is -2.15. The lowest BCUT2D eigenvalue weighted by Crippen LogP contribution is -2.12. The minimum atomic E-state index is 0.530. The molecule has 1 heterocycles. The van der Waals surface area contributed by atoms with E-state index in [4.69, 9.17) is 16.9 Å². The number of rotatable bonds is 5. The molecule has 0 aliphatic carbocycles. The minimum Gasteiger partial charge on any atom is -0.306 e. The maximum atomic E-state index is 9.68. The molecule has 0 bridgehead atoms. The first-order valence-corrected chi connectivity index (χ1v) is 12.5. The predicted molar refractivity (Wildman–Crippen MR) is 143 cm³/mol. The molecule has 0 amide bonds. The molecule has 1 unspecified atom stereocenters. The molecule has 3 nitrogen and oxygen atoms in total. The van der Waals surface area contributed by atoms with Crippen LogP contribution in [0.1, 0.15) is 75.1 Å². The van der Waals surface area contributed by atoms with E-state index in [0.717, 1.165) is 37.0 Å². The van der Waals surface area contributed by atoms with Crippen molar-refractivity contribution in [3.05, 3.63) is 69.7 Å². The highest BCUT2D eigenvalue weighted by molar-refractivity contribution is 6.31. The van der Waals surface area contributed by atoms with Crippen LogP contribution in [0.15, 0.2) is 42.5 Å². The van der Waals surface area contributed by atoms with Gasteiger partial charge in [-0.1, -0.05) is 75.5 Å². The van der Waals surface area contributed by atoms with E-state index in [1.807, 2.05) is 19.1 Å². The van der Waals surface area contributed by atoms with Crippen LogP contribution in [0.4, 0.5) is 0 Å². The Morgan fingerprint density at radius 2 is 1.85 bits per heavy atom. The molecule has 33 heavy (non-hydrogen) atoms. The average Bonchev–Trinajstić information content (AvgIpc) is 3.18. The van der Waals surface area contributed by atoms with Gasteiger partial charge >= 0.3 is 0 Å². The Kier molecular flexibility index (Phi) is 18.1. The molecule has 2 aromatic carbocycles. The number of nitriles is 1. The van der Waals surface area contributed by atoms with Crippen LogP contribution in [0.25, 0.3) is 0 Å². The zero-order chi connectivity index (χ0) is 25.1. The van der Waals surface area contributed by atoms with Crippen molar-refractivity contribution in [3.63, 3.8) is 0 Å². The number of aryl methyl sites for hydroxylation is 3. The van der Waals surface area contributed by atoms with Gasteiger partial charge in [0.1, 0.15) is 12.4 Å². The first kappa shape index (κ1) is 30.9. The van der Waals surface area contributed by atoms with Crippen LogP contribution in [-0.2, 0) is 11.2 Å². The molecular weight excluding hydrogens is 428 g/mol. The van der Waals surface area contributed by atoms with Gasteiger partial charge in [0.05, 0.1) is 10.6 Å². The summed E-state index contributed by atoms with van der Waals surface area (Å²) in [6.07, 6.45) is 7.74. The van der Waals surface area contributed by atoms with Crippen LogP contribution < -0.4 is 0 Å². The van der Waals surface area contributed by atoms with E-state index in [2.05, 4.69) is 63.9 Å². The maximum absolute atomic E-state index is 9.68. The second kappa shape index (κ2) is 19.3. The van der Waals surface area contributed by atoms with Gasteiger partial charge in [-0.05, 0) is 81.4 Å². The summed E-state index contributed by atoms with van der Waals surface area (Å²) in [6.45, 7) is 13.3. The molecule has 1 saturated heterocycles. The Bertz CT molecular complexity index is 821. The molecule has 3 rings (SSSR count). The molecule has 4 heteroatoms. The van der Waals surface area contributed by atoms with Gasteiger partial charge in [-0.2, -0.15) is 5.26 Å². The molecule has 1 atom stereocenters. The average molecular weight is 471 g/mol. The summed E-state index contributed by atoms with van der Waals surface area (Å²) in [7, 11) is 2.18. The molecule has 1 aliphatic heterocycles. The largest absolute Gasteiger partial charge is 0.306 e. The van der Waals surface area contributed by atoms with Crippen molar-refractivity contribution in [2.75, 3.05) is 20.1 Å². The minimum absolute atomic E-state index is 0.530. The Balaban J connectivity index is 0.000000419. The number of hydrogen-bond acceptors (Lipinski definition) is 3. The second-order valence-electron chi connectivity index (χ2n) is 8.69. The fourth-order valence-corrected chi connectivity index (χ4v) is 3.63. The SMILES string of the molecule is CC1CCN(C)C1.CCCCCC=O.CCc1ccccc1C.Cc1ccc(C#N)c(Cl)c1. The van der Waals surface area contributed by atoms with Crippen molar-refractivity contribution in [2.45, 2.75) is 73.1 Å². The number of likely N-dealkylation sites (tertiary alicyclic amines) is 1. The van der Waals surface area contributed by atoms with Gasteiger partial charge in [-0.15, -0.1) is 0 Å². The number of unbranched alkanes of at least 4 members (excludes halogenated alkanes) is 3. The standard InChI is InChI=1S/C9H12.C8H6ClN.C6H13N.C6H12O/c1-3-9-7-5-4-6-8(9)2;1-6-2-3-7(5-10)8(9)4-6;1-6-3-4-7(2)5-6;1-2-3-4-5-6-7/h4-7H,3H2,1-2H3;2-4H,1H3;6H,3-5H2,1-2H3;6H,2-5H2,1H3. The van der Waals surface area contributed by atoms with Crippen LogP contribution in [0.3, 0.4) is 0 Å². The topological polar surface area (TPSA) is 44.1 Å². The fraction of sp³-hybridized carbons (Fsp3) is 0.517. The van der Waals surface area contributed by atoms with Crippen LogP contribution in [0.5, 0.6) is 0 Å². The summed E-state index contributed by atoms with van der Waals surface area (Å²) in [5.41, 5.74) is 4.47. The smallest absolute Gasteiger partial charge is 0.119 e. The van der Waals surface area contributed by atoms with Crippen LogP contribution >= 0.6 is 11.6 Å². The third kappa shape index (κ3) is 15.3. The number of aldehydes is 1. The lowest BCUT2D eigenvalue weighted by atomic mass is 10.1. The zero-order valence-electron chi connectivity index (χ0n) is 21.5. The van der Waals surface area contributed by atoms with Gasteiger partial charge in [-0.25, -0.2) is 0 Å². The van der Waals surface area contributed by atoms with Crippen molar-refractivity contribution in [3.8, 4) is 6.07 Å². The van der Waals surface area contributed by atoms with Gasteiger partial charge in [-0.3, -0.25) is 0 Å². The van der Waals surface area contributed by atoms with Gasteiger partial charge in [0, 0.05) is 13.0 Å². The van der Waals surface area contributed by atoms with Gasteiger partial charge in [0.2, 0.25) is 0 Å². The molecule has 1 aliphatic rings. The number of carbonyl (C=O) groups excluding carboxylic acids is 1. The fourth-order valence-electron chi connectivity index (χ4n) is 3.35. The van der Waals surface area contributed by atoms with Crippen LogP contribution in [0.2, 0.25) is 5.02 Å². The second-order valence-corrected chi connectivity index (χ2v) is 9.10. The number of halogens is 1. The number of nitrogens with zero attached hydrogens (tertiary/aromatic N) is 2. The Labute approximate surface area is 207 Å². The first-order valence-electron chi connectivity index (χ1n) is 12.1. The molecule has 0 N–H and O–H groups in total. The summed E-state index contributed by atoms with van der Waals surface area (Å²) < 4.78 is 0. The molecule has 0 spiro atoms. The molecule has 0 saturated carbocycles. The molecule has 0 radical (unpaired) electrons. The lowest BCUT2D eigenvalue weighted by Gasteiger charge is -2.03. The first-order chi connectivity index (χ1) is 15.8. The zero-order valence-corrected chi connectivity index (χ0v) is 22.3. The molecule has 2 aromatic rings. The normalized spacial score (nSPS) is 14.4. The van der Waals surface area contributed by atoms with E-state index in [0.29, 0.717) is 10.6 Å². The summed E-state index contributed by atoms with van der Waals surface area (Å²) in [4.78, 5) is 12.1. The number of benzene rings is 2. The third-order valence-corrected chi connectivity index (χ3v) is 5.75. The summed E-state index contributed by atoms with van der Waals surface area (Å²) in [6, 6.07) is 15.8. The molecule has 182 valence electrons. The van der Waals surface area contributed by atoms with Gasteiger partial charge in [0.25, 0.3) is 0 Å². The maximum Gasteiger partial charge on any atom is 0.119 e. The van der Waals surface area contributed by atoms with Crippen molar-refractivity contribution >= 4 is 17.9 Å². The van der Waals surface area contributed by atoms with Crippen molar-refractivity contribution in [1.29, 1.82) is 5.26 Å². The van der Waals surface area contributed by atoms with E-state index in [-0.39, 0.29) is 0 Å². The molecule has 0 aromatic heterocycles. The number of carbonyl (C=O) groups is 1. The molecule has 1 fully saturated rings. The monoisotopic (exact) mass is 470 g/mol. The van der Waals surface area contributed by atoms with Crippen LogP contribution in [-0.4, -0.2) is 31.3 Å². The highest BCUT2D eigenvalue weighted by Crippen LogP contribution is 2.15. The quantitative estimate of drug-likeness (QED) is 0.330. The van der Waals surface area contributed by atoms with E-state index < -0.39 is 0 Å². The van der Waals surface area contributed by atoms with Gasteiger partial charge < -0.3 is 9.69 Å². The third-order valence-electron chi connectivity index (χ3n) is 5.44. The van der Waals surface area contributed by atoms with E-state index in [9.17, 15) is 4.79 Å². The highest BCUT2D eigenvalue weighted by atomic mass is 35.5. The van der Waals surface area contributed by atoms with Crippen LogP contribution in [0, 0.1) is 31.1 Å².